The monoisotopic (exact) mass is 283 g/mol. The van der Waals surface area contributed by atoms with Crippen LogP contribution in [0.3, 0.4) is 0 Å². The Bertz CT molecular complexity index is 638. The number of nitrogen functional groups attached to an aromatic ring is 1. The number of fused-ring (bicyclic) bond motifs is 1. The molecule has 2 amide bonds. The molecule has 1 saturated heterocycles. The molecule has 1 aliphatic carbocycles. The van der Waals surface area contributed by atoms with Gasteiger partial charge >= 0.3 is 0 Å². The van der Waals surface area contributed by atoms with E-state index in [1.165, 1.54) is 11.0 Å². The maximum Gasteiger partial charge on any atom is 0.237 e. The minimum absolute atomic E-state index is 0.165. The highest BCUT2D eigenvalue weighted by molar-refractivity contribution is 6.22. The molecule has 2 atom stereocenters. The standard InChI is InChI=1S/C16H17N3O2/c1-2-9-5-12-13(6-9)16(21)19(15(12)20)14-4-3-11(18)7-10(14)8-17/h3-4,7,9,12-13H,2,5-6,18H2,1H3. The van der Waals surface area contributed by atoms with Crippen molar-refractivity contribution in [1.29, 1.82) is 5.26 Å². The first-order valence-corrected chi connectivity index (χ1v) is 7.24. The average Bonchev–Trinajstić information content (AvgIpc) is 3.00. The number of hydrogen-bond donors (Lipinski definition) is 1. The molecular formula is C16H17N3O2. The number of carbonyl (C=O) groups is 2. The lowest BCUT2D eigenvalue weighted by Gasteiger charge is -2.18. The van der Waals surface area contributed by atoms with Crippen LogP contribution in [-0.4, -0.2) is 11.8 Å². The molecule has 0 radical (unpaired) electrons. The third-order valence-electron chi connectivity index (χ3n) is 4.69. The van der Waals surface area contributed by atoms with Gasteiger partial charge in [0, 0.05) is 5.69 Å². The fourth-order valence-corrected chi connectivity index (χ4v) is 3.54. The van der Waals surface area contributed by atoms with E-state index in [2.05, 4.69) is 6.92 Å². The molecule has 2 unspecified atom stereocenters. The van der Waals surface area contributed by atoms with Crippen LogP contribution in [-0.2, 0) is 9.59 Å². The molecule has 2 aliphatic rings. The first-order chi connectivity index (χ1) is 10.1. The highest BCUT2D eigenvalue weighted by atomic mass is 16.2. The number of nitrogens with zero attached hydrogens (tertiary/aromatic N) is 2. The summed E-state index contributed by atoms with van der Waals surface area (Å²) in [5.74, 6) is -0.306. The van der Waals surface area contributed by atoms with Crippen LogP contribution in [0.25, 0.3) is 0 Å². The maximum atomic E-state index is 12.6. The summed E-state index contributed by atoms with van der Waals surface area (Å²) in [5, 5.41) is 9.20. The molecule has 0 bridgehead atoms. The summed E-state index contributed by atoms with van der Waals surface area (Å²) in [5.41, 5.74) is 6.74. The minimum atomic E-state index is -0.216. The van der Waals surface area contributed by atoms with Gasteiger partial charge in [0.1, 0.15) is 6.07 Å². The smallest absolute Gasteiger partial charge is 0.237 e. The fourth-order valence-electron chi connectivity index (χ4n) is 3.54. The number of nitrogens with two attached hydrogens (primary N) is 1. The molecule has 1 heterocycles. The van der Waals surface area contributed by atoms with Crippen LogP contribution in [0.1, 0.15) is 31.7 Å². The zero-order chi connectivity index (χ0) is 15.1. The predicted molar refractivity (Wildman–Crippen MR) is 78.1 cm³/mol. The van der Waals surface area contributed by atoms with Crippen molar-refractivity contribution in [3.63, 3.8) is 0 Å². The Balaban J connectivity index is 1.98. The summed E-state index contributed by atoms with van der Waals surface area (Å²) < 4.78 is 0. The van der Waals surface area contributed by atoms with Gasteiger partial charge in [-0.15, -0.1) is 0 Å². The van der Waals surface area contributed by atoms with E-state index in [-0.39, 0.29) is 29.2 Å². The third-order valence-corrected chi connectivity index (χ3v) is 4.69. The molecule has 5 nitrogen and oxygen atoms in total. The van der Waals surface area contributed by atoms with Gasteiger partial charge in [-0.2, -0.15) is 5.26 Å². The molecule has 1 aliphatic heterocycles. The lowest BCUT2D eigenvalue weighted by molar-refractivity contribution is -0.123. The highest BCUT2D eigenvalue weighted by Gasteiger charge is 2.53. The predicted octanol–water partition coefficient (Wildman–Crippen LogP) is 2.07. The van der Waals surface area contributed by atoms with Gasteiger partial charge < -0.3 is 5.73 Å². The maximum absolute atomic E-state index is 12.6. The number of amides is 2. The van der Waals surface area contributed by atoms with Crippen molar-refractivity contribution in [2.75, 3.05) is 10.6 Å². The molecule has 0 spiro atoms. The molecule has 3 rings (SSSR count). The average molecular weight is 283 g/mol. The Kier molecular flexibility index (Phi) is 3.17. The number of carbonyl (C=O) groups excluding carboxylic acids is 2. The Morgan fingerprint density at radius 1 is 1.29 bits per heavy atom. The molecule has 0 aromatic heterocycles. The zero-order valence-corrected chi connectivity index (χ0v) is 11.9. The quantitative estimate of drug-likeness (QED) is 0.664. The molecule has 108 valence electrons. The summed E-state index contributed by atoms with van der Waals surface area (Å²) in [6.45, 7) is 2.09. The van der Waals surface area contributed by atoms with Crippen LogP contribution < -0.4 is 10.6 Å². The van der Waals surface area contributed by atoms with Crippen molar-refractivity contribution in [3.8, 4) is 6.07 Å². The van der Waals surface area contributed by atoms with E-state index in [1.807, 2.05) is 6.07 Å². The fraction of sp³-hybridized carbons (Fsp3) is 0.438. The van der Waals surface area contributed by atoms with E-state index in [0.29, 0.717) is 17.3 Å². The first-order valence-electron chi connectivity index (χ1n) is 7.24. The van der Waals surface area contributed by atoms with Crippen LogP contribution >= 0.6 is 0 Å². The number of anilines is 2. The first kappa shape index (κ1) is 13.6. The van der Waals surface area contributed by atoms with Gasteiger partial charge in [0.05, 0.1) is 23.1 Å². The normalized spacial score (nSPS) is 27.8. The van der Waals surface area contributed by atoms with Crippen molar-refractivity contribution >= 4 is 23.2 Å². The van der Waals surface area contributed by atoms with Gasteiger partial charge in [-0.1, -0.05) is 13.3 Å². The van der Waals surface area contributed by atoms with Crippen molar-refractivity contribution in [3.05, 3.63) is 23.8 Å². The van der Waals surface area contributed by atoms with E-state index >= 15 is 0 Å². The van der Waals surface area contributed by atoms with E-state index in [1.54, 1.807) is 12.1 Å². The SMILES string of the molecule is CCC1CC2C(=O)N(c3ccc(N)cc3C#N)C(=O)C2C1. The Morgan fingerprint density at radius 2 is 1.90 bits per heavy atom. The van der Waals surface area contributed by atoms with Crippen molar-refractivity contribution < 1.29 is 9.59 Å². The molecule has 1 saturated carbocycles. The Hall–Kier alpha value is -2.35. The van der Waals surface area contributed by atoms with E-state index in [9.17, 15) is 14.9 Å². The molecular weight excluding hydrogens is 266 g/mol. The van der Waals surface area contributed by atoms with Gasteiger partial charge in [0.2, 0.25) is 11.8 Å². The van der Waals surface area contributed by atoms with E-state index < -0.39 is 0 Å². The molecule has 5 heteroatoms. The second kappa shape index (κ2) is 4.88. The number of imide groups is 1. The summed E-state index contributed by atoms with van der Waals surface area (Å²) in [4.78, 5) is 26.3. The van der Waals surface area contributed by atoms with Crippen LogP contribution in [0, 0.1) is 29.1 Å². The van der Waals surface area contributed by atoms with Crippen LogP contribution in [0.2, 0.25) is 0 Å². The van der Waals surface area contributed by atoms with Crippen LogP contribution in [0.4, 0.5) is 11.4 Å². The molecule has 1 aromatic rings. The third kappa shape index (κ3) is 1.99. The lowest BCUT2D eigenvalue weighted by Crippen LogP contribution is -2.32. The van der Waals surface area contributed by atoms with Gasteiger partial charge in [0.15, 0.2) is 0 Å². The Morgan fingerprint density at radius 3 is 2.43 bits per heavy atom. The summed E-state index contributed by atoms with van der Waals surface area (Å²) in [7, 11) is 0. The van der Waals surface area contributed by atoms with E-state index in [4.69, 9.17) is 5.73 Å². The van der Waals surface area contributed by atoms with Gasteiger partial charge in [-0.3, -0.25) is 9.59 Å². The number of rotatable bonds is 2. The number of hydrogen-bond acceptors (Lipinski definition) is 4. The topological polar surface area (TPSA) is 87.2 Å². The molecule has 21 heavy (non-hydrogen) atoms. The Labute approximate surface area is 123 Å². The summed E-state index contributed by atoms with van der Waals surface area (Å²) in [6.07, 6.45) is 2.55. The molecule has 2 fully saturated rings. The second-order valence-electron chi connectivity index (χ2n) is 5.86. The molecule has 1 aromatic carbocycles. The van der Waals surface area contributed by atoms with E-state index in [0.717, 1.165) is 19.3 Å². The zero-order valence-electron chi connectivity index (χ0n) is 11.9. The van der Waals surface area contributed by atoms with Crippen molar-refractivity contribution in [1.82, 2.24) is 0 Å². The van der Waals surface area contributed by atoms with Crippen LogP contribution in [0.15, 0.2) is 18.2 Å². The number of benzene rings is 1. The van der Waals surface area contributed by atoms with Crippen molar-refractivity contribution in [2.24, 2.45) is 17.8 Å². The summed E-state index contributed by atoms with van der Waals surface area (Å²) in [6, 6.07) is 6.71. The van der Waals surface area contributed by atoms with Crippen LogP contribution in [0.5, 0.6) is 0 Å². The van der Waals surface area contributed by atoms with Crippen molar-refractivity contribution in [2.45, 2.75) is 26.2 Å². The number of nitriles is 1. The highest BCUT2D eigenvalue weighted by Crippen LogP contribution is 2.46. The van der Waals surface area contributed by atoms with Gasteiger partial charge in [-0.25, -0.2) is 4.90 Å². The van der Waals surface area contributed by atoms with Gasteiger partial charge in [-0.05, 0) is 37.0 Å². The minimum Gasteiger partial charge on any atom is -0.399 e. The molecule has 2 N–H and O–H groups in total. The largest absolute Gasteiger partial charge is 0.399 e. The second-order valence-corrected chi connectivity index (χ2v) is 5.86. The lowest BCUT2D eigenvalue weighted by atomic mass is 10.00. The van der Waals surface area contributed by atoms with Gasteiger partial charge in [0.25, 0.3) is 0 Å². The summed E-state index contributed by atoms with van der Waals surface area (Å²) >= 11 is 0.